The zero-order valence-corrected chi connectivity index (χ0v) is 19.9. The van der Waals surface area contributed by atoms with E-state index in [2.05, 4.69) is 4.74 Å². The summed E-state index contributed by atoms with van der Waals surface area (Å²) in [5.74, 6) is -2.72. The molecule has 0 heterocycles. The van der Waals surface area contributed by atoms with Gasteiger partial charge in [0.15, 0.2) is 0 Å². The second-order valence-electron chi connectivity index (χ2n) is 10.0. The Hall–Kier alpha value is -2.84. The number of alkyl halides is 4. The number of carboxylic acids is 1. The number of aliphatic carboxylic acids is 1. The van der Waals surface area contributed by atoms with Crippen LogP contribution in [0.1, 0.15) is 68.4 Å². The third-order valence-corrected chi connectivity index (χ3v) is 7.29. The van der Waals surface area contributed by atoms with Crippen molar-refractivity contribution in [1.82, 2.24) is 0 Å². The fraction of sp³-hybridized carbons (Fsp3) is 0.519. The fourth-order valence-corrected chi connectivity index (χ4v) is 5.27. The van der Waals surface area contributed by atoms with Crippen molar-refractivity contribution in [2.75, 3.05) is 6.61 Å². The van der Waals surface area contributed by atoms with Gasteiger partial charge in [0.2, 0.25) is 5.67 Å². The molecule has 2 aromatic rings. The van der Waals surface area contributed by atoms with Crippen molar-refractivity contribution in [3.8, 4) is 11.5 Å². The summed E-state index contributed by atoms with van der Waals surface area (Å²) in [5, 5.41) is 9.39. The Balaban J connectivity index is 1.35. The Kier molecular flexibility index (Phi) is 7.48. The lowest BCUT2D eigenvalue weighted by Crippen LogP contribution is -2.38. The molecule has 0 bridgehead atoms. The molecule has 2 saturated carbocycles. The van der Waals surface area contributed by atoms with Crippen molar-refractivity contribution < 1.29 is 41.3 Å². The molecule has 0 amide bonds. The van der Waals surface area contributed by atoms with Crippen LogP contribution in [0.2, 0.25) is 0 Å². The van der Waals surface area contributed by atoms with Crippen molar-refractivity contribution in [1.29, 1.82) is 0 Å². The van der Waals surface area contributed by atoms with Gasteiger partial charge < -0.3 is 14.6 Å². The zero-order valence-electron chi connectivity index (χ0n) is 19.9. The average molecular weight is 513 g/mol. The van der Waals surface area contributed by atoms with Crippen LogP contribution in [-0.4, -0.2) is 29.7 Å². The van der Waals surface area contributed by atoms with Crippen LogP contribution in [0.4, 0.5) is 22.0 Å². The van der Waals surface area contributed by atoms with E-state index in [4.69, 9.17) is 4.74 Å². The maximum atomic E-state index is 15.0. The van der Waals surface area contributed by atoms with Crippen LogP contribution >= 0.6 is 0 Å². The summed E-state index contributed by atoms with van der Waals surface area (Å²) >= 11 is 0. The molecule has 0 aromatic heterocycles. The van der Waals surface area contributed by atoms with Crippen molar-refractivity contribution in [3.05, 3.63) is 59.4 Å². The van der Waals surface area contributed by atoms with Crippen LogP contribution in [0.5, 0.6) is 11.5 Å². The molecule has 2 atom stereocenters. The second-order valence-corrected chi connectivity index (χ2v) is 10.0. The van der Waals surface area contributed by atoms with E-state index in [-0.39, 0.29) is 23.3 Å². The van der Waals surface area contributed by atoms with E-state index >= 15 is 4.39 Å². The smallest absolute Gasteiger partial charge is 0.493 e. The maximum absolute atomic E-state index is 15.0. The summed E-state index contributed by atoms with van der Waals surface area (Å²) in [6, 6.07) is 10.0. The average Bonchev–Trinajstić information content (AvgIpc) is 3.63. The predicted molar refractivity (Wildman–Crippen MR) is 122 cm³/mol. The number of benzene rings is 2. The summed E-state index contributed by atoms with van der Waals surface area (Å²) in [5.41, 5.74) is -1.55. The van der Waals surface area contributed by atoms with Gasteiger partial charge >= 0.3 is 12.3 Å². The van der Waals surface area contributed by atoms with Crippen molar-refractivity contribution in [3.63, 3.8) is 0 Å². The number of hydrogen-bond acceptors (Lipinski definition) is 3. The van der Waals surface area contributed by atoms with E-state index in [1.807, 2.05) is 0 Å². The third kappa shape index (κ3) is 6.28. The molecule has 2 aliphatic rings. The lowest BCUT2D eigenvalue weighted by molar-refractivity contribution is -0.274. The van der Waals surface area contributed by atoms with Crippen LogP contribution in [0.15, 0.2) is 42.5 Å². The minimum Gasteiger partial charge on any atom is -0.493 e. The first kappa shape index (κ1) is 26.2. The Morgan fingerprint density at radius 1 is 1.00 bits per heavy atom. The Labute approximate surface area is 206 Å². The number of ether oxygens (including phenoxy) is 2. The fourth-order valence-electron chi connectivity index (χ4n) is 5.27. The molecule has 4 rings (SSSR count). The van der Waals surface area contributed by atoms with Gasteiger partial charge in [0.05, 0.1) is 6.61 Å². The lowest BCUT2D eigenvalue weighted by Gasteiger charge is -2.29. The molecule has 0 radical (unpaired) electrons. The largest absolute Gasteiger partial charge is 0.573 e. The van der Waals surface area contributed by atoms with Crippen molar-refractivity contribution in [2.45, 2.75) is 69.3 Å². The Morgan fingerprint density at radius 3 is 2.31 bits per heavy atom. The van der Waals surface area contributed by atoms with Gasteiger partial charge in [-0.1, -0.05) is 12.1 Å². The highest BCUT2D eigenvalue weighted by Crippen LogP contribution is 2.50. The Morgan fingerprint density at radius 2 is 1.69 bits per heavy atom. The number of carbonyl (C=O) groups is 1. The first-order valence-corrected chi connectivity index (χ1v) is 12.1. The van der Waals surface area contributed by atoms with E-state index in [1.165, 1.54) is 0 Å². The van der Waals surface area contributed by atoms with Gasteiger partial charge in [0, 0.05) is 5.92 Å². The molecule has 4 nitrogen and oxygen atoms in total. The summed E-state index contributed by atoms with van der Waals surface area (Å²) < 4.78 is 76.8. The van der Waals surface area contributed by atoms with Crippen LogP contribution in [0, 0.1) is 17.7 Å². The van der Waals surface area contributed by atoms with Gasteiger partial charge in [-0.15, -0.1) is 13.2 Å². The normalized spacial score (nSPS) is 22.9. The highest BCUT2D eigenvalue weighted by molar-refractivity contribution is 5.78. The standard InChI is InChI=1S/C27H29F5O4/c1-26(29,25(33)34)24(18-9-10-18)19-3-2-4-20(13-19)35-15-16-5-7-17(8-6-16)22-14-21(11-12-23(22)28)36-27(30,31)32/h2-4,11-14,16-18,24H,5-10,15H2,1H3,(H,33,34)/t16?,17?,24-,26?/m0/s1. The Bertz CT molecular complexity index is 1070. The molecular weight excluding hydrogens is 483 g/mol. The van der Waals surface area contributed by atoms with Gasteiger partial charge in [-0.25, -0.2) is 13.6 Å². The van der Waals surface area contributed by atoms with Gasteiger partial charge in [-0.3, -0.25) is 0 Å². The SMILES string of the molecule is CC(F)(C(=O)O)[C@H](c1cccc(OCC2CCC(c3cc(OC(F)(F)F)ccc3F)CC2)c1)C1CC1. The topological polar surface area (TPSA) is 55.8 Å². The number of rotatable bonds is 9. The van der Waals surface area contributed by atoms with E-state index in [0.29, 0.717) is 43.6 Å². The number of halogens is 5. The van der Waals surface area contributed by atoms with Crippen molar-refractivity contribution in [2.24, 2.45) is 11.8 Å². The number of carboxylic acid groups (broad SMARTS) is 1. The molecule has 36 heavy (non-hydrogen) atoms. The van der Waals surface area contributed by atoms with Gasteiger partial charge in [-0.2, -0.15) is 0 Å². The predicted octanol–water partition coefficient (Wildman–Crippen LogP) is 7.38. The van der Waals surface area contributed by atoms with E-state index in [9.17, 15) is 27.5 Å². The van der Waals surface area contributed by atoms with E-state index < -0.39 is 35.5 Å². The molecule has 0 spiro atoms. The molecule has 1 N–H and O–H groups in total. The molecular formula is C27H29F5O4. The second kappa shape index (κ2) is 10.3. The molecule has 196 valence electrons. The van der Waals surface area contributed by atoms with Gasteiger partial charge in [-0.05, 0) is 105 Å². The molecule has 1 unspecified atom stereocenters. The lowest BCUT2D eigenvalue weighted by atomic mass is 9.79. The quantitative estimate of drug-likeness (QED) is 0.356. The molecule has 2 aliphatic carbocycles. The highest BCUT2D eigenvalue weighted by Gasteiger charge is 2.50. The van der Waals surface area contributed by atoms with Gasteiger partial charge in [0.1, 0.15) is 17.3 Å². The zero-order chi connectivity index (χ0) is 26.1. The first-order valence-electron chi connectivity index (χ1n) is 12.1. The van der Waals surface area contributed by atoms with Crippen molar-refractivity contribution >= 4 is 5.97 Å². The first-order chi connectivity index (χ1) is 16.9. The van der Waals surface area contributed by atoms with Crippen LogP contribution in [-0.2, 0) is 4.79 Å². The van der Waals surface area contributed by atoms with E-state index in [0.717, 1.165) is 38.0 Å². The molecule has 0 aliphatic heterocycles. The molecule has 2 fully saturated rings. The summed E-state index contributed by atoms with van der Waals surface area (Å²) in [6.45, 7) is 1.49. The summed E-state index contributed by atoms with van der Waals surface area (Å²) in [6.07, 6.45) is -0.640. The van der Waals surface area contributed by atoms with Crippen LogP contribution in [0.25, 0.3) is 0 Å². The molecule has 2 aromatic carbocycles. The van der Waals surface area contributed by atoms with E-state index in [1.54, 1.807) is 24.3 Å². The highest BCUT2D eigenvalue weighted by atomic mass is 19.4. The minimum absolute atomic E-state index is 0.0120. The maximum Gasteiger partial charge on any atom is 0.573 e. The molecule has 0 saturated heterocycles. The van der Waals surface area contributed by atoms with Crippen LogP contribution in [0.3, 0.4) is 0 Å². The summed E-state index contributed by atoms with van der Waals surface area (Å²) in [7, 11) is 0. The van der Waals surface area contributed by atoms with Crippen LogP contribution < -0.4 is 9.47 Å². The molecule has 9 heteroatoms. The van der Waals surface area contributed by atoms with Gasteiger partial charge in [0.25, 0.3) is 0 Å². The minimum atomic E-state index is -4.84. The monoisotopic (exact) mass is 512 g/mol. The third-order valence-electron chi connectivity index (χ3n) is 7.29. The number of hydrogen-bond donors (Lipinski definition) is 1. The summed E-state index contributed by atoms with van der Waals surface area (Å²) in [4.78, 5) is 11.5.